The first-order chi connectivity index (χ1) is 14.6. The van der Waals surface area contributed by atoms with Crippen molar-refractivity contribution in [3.05, 3.63) is 9.93 Å². The maximum atomic E-state index is 12.9. The van der Waals surface area contributed by atoms with Crippen molar-refractivity contribution < 1.29 is 33.2 Å². The summed E-state index contributed by atoms with van der Waals surface area (Å²) in [5.74, 6) is -0.921. The fraction of sp³-hybridized carbons (Fsp3) is 0.750. The van der Waals surface area contributed by atoms with Gasteiger partial charge in [-0.1, -0.05) is 25.6 Å². The molecule has 3 heterocycles. The second kappa shape index (κ2) is 9.84. The number of aliphatic hydroxyl groups excluding tert-OH is 1. The highest BCUT2D eigenvalue weighted by Gasteiger charge is 2.58. The molecule has 3 aliphatic heterocycles. The third-order valence-corrected chi connectivity index (χ3v) is 10.8. The Bertz CT molecular complexity index is 809. The lowest BCUT2D eigenvalue weighted by molar-refractivity contribution is -0.175. The molecular weight excluding hydrogens is 462 g/mol. The van der Waals surface area contributed by atoms with E-state index in [1.54, 1.807) is 13.8 Å². The summed E-state index contributed by atoms with van der Waals surface area (Å²) in [7, 11) is -0.866. The number of ether oxygens (including phenoxy) is 2. The van der Waals surface area contributed by atoms with E-state index in [4.69, 9.17) is 9.47 Å². The molecule has 3 aliphatic rings. The van der Waals surface area contributed by atoms with Crippen LogP contribution in [0, 0.1) is 11.3 Å². The predicted molar refractivity (Wildman–Crippen MR) is 120 cm³/mol. The SMILES string of the molecule is CCC(C)(CC)C(=O)OCOC(=O)C1=C(S[C@H]2CC[S@@](=O)C2)S[C@@H]2[C@@H]([C@@H](C)O)C(=O)N12. The summed E-state index contributed by atoms with van der Waals surface area (Å²) in [6.07, 6.45) is 1.15. The lowest BCUT2D eigenvalue weighted by Gasteiger charge is -2.43. The van der Waals surface area contributed by atoms with Crippen molar-refractivity contribution in [2.75, 3.05) is 18.3 Å². The van der Waals surface area contributed by atoms with E-state index in [2.05, 4.69) is 0 Å². The lowest BCUT2D eigenvalue weighted by Crippen LogP contribution is -2.60. The zero-order valence-electron chi connectivity index (χ0n) is 18.1. The van der Waals surface area contributed by atoms with E-state index in [0.717, 1.165) is 6.42 Å². The second-order valence-corrected chi connectivity index (χ2v) is 12.5. The summed E-state index contributed by atoms with van der Waals surface area (Å²) in [6, 6.07) is 0. The molecule has 0 aliphatic carbocycles. The number of aliphatic hydroxyl groups is 1. The standard InChI is InChI=1S/C20H29NO7S3/c1-5-20(4,6-2)19(25)28-10-27-17(24)14-18(29-12-7-8-31(26)9-12)30-16-13(11(3)22)15(23)21(14)16/h11-13,16,22H,5-10H2,1-4H3/t11-,12+,13+,16-,31-/m1/s1. The number of hydrogen-bond acceptors (Lipinski definition) is 9. The average molecular weight is 492 g/mol. The predicted octanol–water partition coefficient (Wildman–Crippen LogP) is 2.19. The van der Waals surface area contributed by atoms with Crippen molar-refractivity contribution in [1.82, 2.24) is 4.90 Å². The molecule has 1 amide bonds. The molecule has 11 heteroatoms. The van der Waals surface area contributed by atoms with Crippen LogP contribution in [-0.2, 0) is 34.7 Å². The van der Waals surface area contributed by atoms with Gasteiger partial charge in [0.15, 0.2) is 5.70 Å². The third-order valence-electron chi connectivity index (χ3n) is 6.21. The van der Waals surface area contributed by atoms with Crippen LogP contribution in [0.15, 0.2) is 9.93 Å². The first kappa shape index (κ1) is 24.6. The lowest BCUT2D eigenvalue weighted by atomic mass is 9.85. The van der Waals surface area contributed by atoms with E-state index < -0.39 is 47.0 Å². The number of fused-ring (bicyclic) bond motifs is 1. The molecule has 0 unspecified atom stereocenters. The van der Waals surface area contributed by atoms with Crippen LogP contribution in [0.3, 0.4) is 0 Å². The fourth-order valence-electron chi connectivity index (χ4n) is 3.62. The van der Waals surface area contributed by atoms with E-state index in [-0.39, 0.29) is 22.2 Å². The van der Waals surface area contributed by atoms with Gasteiger partial charge in [0, 0.05) is 27.6 Å². The topological polar surface area (TPSA) is 110 Å². The first-order valence-corrected chi connectivity index (χ1v) is 13.7. The maximum Gasteiger partial charge on any atom is 0.359 e. The van der Waals surface area contributed by atoms with Crippen LogP contribution in [0.4, 0.5) is 0 Å². The zero-order valence-corrected chi connectivity index (χ0v) is 20.6. The number of carbonyl (C=O) groups is 3. The molecule has 2 fully saturated rings. The van der Waals surface area contributed by atoms with Crippen molar-refractivity contribution in [3.63, 3.8) is 0 Å². The van der Waals surface area contributed by atoms with Gasteiger partial charge >= 0.3 is 11.9 Å². The van der Waals surface area contributed by atoms with Gasteiger partial charge in [0.2, 0.25) is 12.7 Å². The van der Waals surface area contributed by atoms with Crippen LogP contribution in [-0.4, -0.2) is 67.1 Å². The molecule has 174 valence electrons. The van der Waals surface area contributed by atoms with Crippen LogP contribution in [0.2, 0.25) is 0 Å². The van der Waals surface area contributed by atoms with Gasteiger partial charge in [0.05, 0.1) is 21.7 Å². The Hall–Kier alpha value is -1.04. The summed E-state index contributed by atoms with van der Waals surface area (Å²) in [5, 5.41) is 9.67. The summed E-state index contributed by atoms with van der Waals surface area (Å²) < 4.78 is 22.8. The fourth-order valence-corrected chi connectivity index (χ4v) is 8.87. The maximum absolute atomic E-state index is 12.9. The Morgan fingerprint density at radius 2 is 2.03 bits per heavy atom. The zero-order chi connectivity index (χ0) is 22.9. The van der Waals surface area contributed by atoms with Gasteiger partial charge in [-0.2, -0.15) is 0 Å². The summed E-state index contributed by atoms with van der Waals surface area (Å²) in [6.45, 7) is 6.62. The molecule has 0 bridgehead atoms. The number of rotatable bonds is 9. The van der Waals surface area contributed by atoms with Crippen LogP contribution in [0.1, 0.15) is 47.0 Å². The van der Waals surface area contributed by atoms with E-state index in [1.165, 1.54) is 28.4 Å². The average Bonchev–Trinajstić information content (AvgIpc) is 3.27. The number of carbonyl (C=O) groups excluding carboxylic acids is 3. The van der Waals surface area contributed by atoms with Gasteiger partial charge in [0.25, 0.3) is 0 Å². The van der Waals surface area contributed by atoms with Gasteiger partial charge in [-0.3, -0.25) is 18.7 Å². The molecule has 2 saturated heterocycles. The molecule has 31 heavy (non-hydrogen) atoms. The molecule has 3 rings (SSSR count). The molecule has 8 nitrogen and oxygen atoms in total. The molecule has 0 spiro atoms. The Kier molecular flexibility index (Phi) is 7.81. The number of hydrogen-bond donors (Lipinski definition) is 1. The van der Waals surface area contributed by atoms with Crippen LogP contribution < -0.4 is 0 Å². The van der Waals surface area contributed by atoms with Gasteiger partial charge < -0.3 is 14.6 Å². The Balaban J connectivity index is 1.70. The van der Waals surface area contributed by atoms with Gasteiger partial charge in [0.1, 0.15) is 5.37 Å². The minimum atomic E-state index is -0.866. The molecule has 0 aromatic heterocycles. The number of β-lactam (4-membered cyclic amide) rings is 1. The highest BCUT2D eigenvalue weighted by molar-refractivity contribution is 8.23. The van der Waals surface area contributed by atoms with Gasteiger partial charge in [-0.05, 0) is 33.1 Å². The van der Waals surface area contributed by atoms with Gasteiger partial charge in [-0.15, -0.1) is 11.8 Å². The van der Waals surface area contributed by atoms with E-state index >= 15 is 0 Å². The van der Waals surface area contributed by atoms with Crippen LogP contribution >= 0.6 is 23.5 Å². The quantitative estimate of drug-likeness (QED) is 0.295. The summed E-state index contributed by atoms with van der Waals surface area (Å²) in [4.78, 5) is 39.1. The van der Waals surface area contributed by atoms with E-state index in [1.807, 2.05) is 13.8 Å². The Labute approximate surface area is 193 Å². The minimum Gasteiger partial charge on any atom is -0.427 e. The Morgan fingerprint density at radius 3 is 2.58 bits per heavy atom. The monoisotopic (exact) mass is 491 g/mol. The van der Waals surface area contributed by atoms with E-state index in [9.17, 15) is 23.7 Å². The van der Waals surface area contributed by atoms with E-state index in [0.29, 0.717) is 28.6 Å². The molecular formula is C20H29NO7S3. The molecule has 1 N–H and O–H groups in total. The highest BCUT2D eigenvalue weighted by atomic mass is 32.2. The van der Waals surface area contributed by atoms with Crippen molar-refractivity contribution in [1.29, 1.82) is 0 Å². The van der Waals surface area contributed by atoms with Crippen molar-refractivity contribution in [3.8, 4) is 0 Å². The van der Waals surface area contributed by atoms with Crippen molar-refractivity contribution >= 4 is 52.2 Å². The summed E-state index contributed by atoms with van der Waals surface area (Å²) >= 11 is 2.79. The normalized spacial score (nSPS) is 28.9. The number of amides is 1. The minimum absolute atomic E-state index is 0.0950. The largest absolute Gasteiger partial charge is 0.427 e. The molecule has 0 aromatic rings. The summed E-state index contributed by atoms with van der Waals surface area (Å²) in [5.41, 5.74) is -0.513. The Morgan fingerprint density at radius 1 is 1.35 bits per heavy atom. The molecule has 0 radical (unpaired) electrons. The van der Waals surface area contributed by atoms with Crippen molar-refractivity contribution in [2.24, 2.45) is 11.3 Å². The number of nitrogens with zero attached hydrogens (tertiary/aromatic N) is 1. The van der Waals surface area contributed by atoms with Gasteiger partial charge in [-0.25, -0.2) is 4.79 Å². The number of esters is 2. The van der Waals surface area contributed by atoms with Crippen LogP contribution in [0.25, 0.3) is 0 Å². The van der Waals surface area contributed by atoms with Crippen molar-refractivity contribution in [2.45, 2.75) is 63.7 Å². The second-order valence-electron chi connectivity index (χ2n) is 8.21. The third kappa shape index (κ3) is 4.84. The molecule has 0 saturated carbocycles. The first-order valence-electron chi connectivity index (χ1n) is 10.4. The molecule has 0 aromatic carbocycles. The smallest absolute Gasteiger partial charge is 0.359 e. The highest BCUT2D eigenvalue weighted by Crippen LogP contribution is 2.55. The number of thioether (sulfide) groups is 2. The molecule has 5 atom stereocenters. The van der Waals surface area contributed by atoms with Crippen LogP contribution in [0.5, 0.6) is 0 Å².